The lowest BCUT2D eigenvalue weighted by molar-refractivity contribution is 0.124. The van der Waals surface area contributed by atoms with Crippen LogP contribution in [0.4, 0.5) is 0 Å². The molecule has 0 aliphatic heterocycles. The average Bonchev–Trinajstić information content (AvgIpc) is 2.72. The molecule has 0 atom stereocenters. The molecule has 0 fully saturated rings. The minimum absolute atomic E-state index is 0.341. The SMILES string of the molecule is NOCc1nc2cnc3ccccc3c2s1. The molecule has 0 saturated heterocycles. The summed E-state index contributed by atoms with van der Waals surface area (Å²) in [6.45, 7) is 0.341. The Morgan fingerprint density at radius 1 is 1.25 bits per heavy atom. The maximum atomic E-state index is 5.05. The van der Waals surface area contributed by atoms with Gasteiger partial charge in [-0.1, -0.05) is 18.2 Å². The maximum absolute atomic E-state index is 5.05. The molecule has 1 aromatic carbocycles. The number of nitrogens with two attached hydrogens (primary N) is 1. The first-order valence-electron chi connectivity index (χ1n) is 4.83. The molecule has 80 valence electrons. The molecule has 3 aromatic rings. The highest BCUT2D eigenvalue weighted by Crippen LogP contribution is 2.28. The lowest BCUT2D eigenvalue weighted by Crippen LogP contribution is -1.97. The second-order valence-corrected chi connectivity index (χ2v) is 4.49. The molecule has 3 rings (SSSR count). The van der Waals surface area contributed by atoms with Crippen molar-refractivity contribution in [3.05, 3.63) is 35.5 Å². The van der Waals surface area contributed by atoms with Crippen LogP contribution in [-0.2, 0) is 11.4 Å². The van der Waals surface area contributed by atoms with Gasteiger partial charge in [0, 0.05) is 5.39 Å². The number of fused-ring (bicyclic) bond motifs is 3. The molecule has 0 radical (unpaired) electrons. The van der Waals surface area contributed by atoms with E-state index in [1.807, 2.05) is 18.2 Å². The number of hydrogen-bond acceptors (Lipinski definition) is 5. The first-order valence-corrected chi connectivity index (χ1v) is 5.65. The van der Waals surface area contributed by atoms with Crippen LogP contribution in [0.3, 0.4) is 0 Å². The topological polar surface area (TPSA) is 61.0 Å². The molecular weight excluding hydrogens is 222 g/mol. The van der Waals surface area contributed by atoms with Crippen molar-refractivity contribution in [1.29, 1.82) is 0 Å². The highest BCUT2D eigenvalue weighted by Gasteiger charge is 2.07. The van der Waals surface area contributed by atoms with E-state index in [4.69, 9.17) is 5.90 Å². The molecule has 5 heteroatoms. The van der Waals surface area contributed by atoms with Crippen LogP contribution < -0.4 is 5.90 Å². The Hall–Kier alpha value is -1.56. The second kappa shape index (κ2) is 3.79. The van der Waals surface area contributed by atoms with Gasteiger partial charge < -0.3 is 0 Å². The fourth-order valence-corrected chi connectivity index (χ4v) is 2.69. The van der Waals surface area contributed by atoms with Crippen LogP contribution in [0.5, 0.6) is 0 Å². The number of para-hydroxylation sites is 1. The normalized spacial score (nSPS) is 11.3. The largest absolute Gasteiger partial charge is 0.297 e. The molecule has 2 N–H and O–H groups in total. The van der Waals surface area contributed by atoms with Crippen LogP contribution in [0, 0.1) is 0 Å². The molecule has 16 heavy (non-hydrogen) atoms. The summed E-state index contributed by atoms with van der Waals surface area (Å²) in [5.41, 5.74) is 1.88. The van der Waals surface area contributed by atoms with E-state index in [0.717, 1.165) is 26.1 Å². The van der Waals surface area contributed by atoms with Crippen molar-refractivity contribution < 1.29 is 4.84 Å². The van der Waals surface area contributed by atoms with E-state index in [1.54, 1.807) is 17.5 Å². The van der Waals surface area contributed by atoms with Gasteiger partial charge in [0.05, 0.1) is 16.4 Å². The fraction of sp³-hybridized carbons (Fsp3) is 0.0909. The number of thiazole rings is 1. The van der Waals surface area contributed by atoms with Gasteiger partial charge in [0.15, 0.2) is 0 Å². The van der Waals surface area contributed by atoms with Crippen LogP contribution >= 0.6 is 11.3 Å². The minimum Gasteiger partial charge on any atom is -0.297 e. The van der Waals surface area contributed by atoms with Gasteiger partial charge in [-0.05, 0) is 6.07 Å². The van der Waals surface area contributed by atoms with Gasteiger partial charge >= 0.3 is 0 Å². The van der Waals surface area contributed by atoms with E-state index >= 15 is 0 Å². The Balaban J connectivity index is 2.32. The van der Waals surface area contributed by atoms with Crippen molar-refractivity contribution >= 4 is 32.5 Å². The monoisotopic (exact) mass is 231 g/mol. The van der Waals surface area contributed by atoms with Crippen LogP contribution in [0.1, 0.15) is 5.01 Å². The third kappa shape index (κ3) is 1.46. The van der Waals surface area contributed by atoms with Gasteiger partial charge in [0.1, 0.15) is 17.1 Å². The Kier molecular flexibility index (Phi) is 2.28. The number of pyridine rings is 1. The fourth-order valence-electron chi connectivity index (χ4n) is 1.70. The van der Waals surface area contributed by atoms with Gasteiger partial charge in [0.25, 0.3) is 0 Å². The maximum Gasteiger partial charge on any atom is 0.122 e. The second-order valence-electron chi connectivity index (χ2n) is 3.41. The zero-order valence-corrected chi connectivity index (χ0v) is 9.20. The number of benzene rings is 1. The van der Waals surface area contributed by atoms with Crippen molar-refractivity contribution in [1.82, 2.24) is 9.97 Å². The summed E-state index contributed by atoms with van der Waals surface area (Å²) in [6, 6.07) is 8.03. The first-order chi connectivity index (χ1) is 7.88. The van der Waals surface area contributed by atoms with Crippen molar-refractivity contribution in [2.24, 2.45) is 5.90 Å². The Morgan fingerprint density at radius 2 is 2.12 bits per heavy atom. The van der Waals surface area contributed by atoms with Gasteiger partial charge in [-0.15, -0.1) is 11.3 Å². The number of aromatic nitrogens is 2. The molecule has 0 unspecified atom stereocenters. The summed E-state index contributed by atoms with van der Waals surface area (Å²) in [6.07, 6.45) is 1.79. The third-order valence-electron chi connectivity index (χ3n) is 2.38. The molecule has 0 bridgehead atoms. The molecule has 0 saturated carbocycles. The van der Waals surface area contributed by atoms with E-state index in [9.17, 15) is 0 Å². The zero-order chi connectivity index (χ0) is 11.0. The Bertz CT molecular complexity index is 650. The van der Waals surface area contributed by atoms with Gasteiger partial charge in [0.2, 0.25) is 0 Å². The van der Waals surface area contributed by atoms with Gasteiger partial charge in [-0.3, -0.25) is 9.82 Å². The van der Waals surface area contributed by atoms with Gasteiger partial charge in [-0.25, -0.2) is 10.9 Å². The number of hydrogen-bond donors (Lipinski definition) is 1. The summed E-state index contributed by atoms with van der Waals surface area (Å²) in [4.78, 5) is 13.4. The number of nitrogens with zero attached hydrogens (tertiary/aromatic N) is 2. The molecule has 0 spiro atoms. The minimum atomic E-state index is 0.341. The third-order valence-corrected chi connectivity index (χ3v) is 3.46. The first kappa shape index (κ1) is 9.65. The number of rotatable bonds is 2. The molecule has 0 aliphatic rings. The molecule has 2 heterocycles. The predicted octanol–water partition coefficient (Wildman–Crippen LogP) is 2.23. The standard InChI is InChI=1S/C11H9N3OS/c12-15-6-10-14-9-5-13-8-4-2-1-3-7(8)11(9)16-10/h1-5H,6,12H2. The van der Waals surface area contributed by atoms with Crippen molar-refractivity contribution in [2.75, 3.05) is 0 Å². The van der Waals surface area contributed by atoms with Crippen LogP contribution in [-0.4, -0.2) is 9.97 Å². The lowest BCUT2D eigenvalue weighted by atomic mass is 10.2. The van der Waals surface area contributed by atoms with E-state index < -0.39 is 0 Å². The molecule has 2 aromatic heterocycles. The van der Waals surface area contributed by atoms with E-state index in [2.05, 4.69) is 20.9 Å². The van der Waals surface area contributed by atoms with Gasteiger partial charge in [-0.2, -0.15) is 0 Å². The summed E-state index contributed by atoms with van der Waals surface area (Å²) in [7, 11) is 0. The predicted molar refractivity (Wildman–Crippen MR) is 63.9 cm³/mol. The zero-order valence-electron chi connectivity index (χ0n) is 8.38. The summed E-state index contributed by atoms with van der Waals surface area (Å²) in [5.74, 6) is 5.05. The highest BCUT2D eigenvalue weighted by molar-refractivity contribution is 7.19. The van der Waals surface area contributed by atoms with E-state index in [1.165, 1.54) is 0 Å². The van der Waals surface area contributed by atoms with E-state index in [0.29, 0.717) is 6.61 Å². The summed E-state index contributed by atoms with van der Waals surface area (Å²) in [5, 5.41) is 2.00. The van der Waals surface area contributed by atoms with Crippen molar-refractivity contribution in [3.63, 3.8) is 0 Å². The quantitative estimate of drug-likeness (QED) is 0.687. The average molecular weight is 231 g/mol. The summed E-state index contributed by atoms with van der Waals surface area (Å²) >= 11 is 1.60. The molecule has 0 amide bonds. The smallest absolute Gasteiger partial charge is 0.122 e. The highest BCUT2D eigenvalue weighted by atomic mass is 32.1. The van der Waals surface area contributed by atoms with Crippen LogP contribution in [0.2, 0.25) is 0 Å². The van der Waals surface area contributed by atoms with Crippen molar-refractivity contribution in [3.8, 4) is 0 Å². The Morgan fingerprint density at radius 3 is 3.00 bits per heavy atom. The molecule has 0 aliphatic carbocycles. The molecule has 4 nitrogen and oxygen atoms in total. The Labute approximate surface area is 95.6 Å². The van der Waals surface area contributed by atoms with Crippen molar-refractivity contribution in [2.45, 2.75) is 6.61 Å². The van der Waals surface area contributed by atoms with Crippen LogP contribution in [0.15, 0.2) is 30.5 Å². The molecular formula is C11H9N3OS. The van der Waals surface area contributed by atoms with E-state index in [-0.39, 0.29) is 0 Å². The lowest BCUT2D eigenvalue weighted by Gasteiger charge is -1.95. The van der Waals surface area contributed by atoms with Crippen LogP contribution in [0.25, 0.3) is 21.1 Å². The summed E-state index contributed by atoms with van der Waals surface area (Å²) < 4.78 is 1.14.